The van der Waals surface area contributed by atoms with Crippen molar-refractivity contribution in [3.05, 3.63) is 119 Å². The molecule has 216 valence electrons. The Labute approximate surface area is 253 Å². The molecule has 0 saturated carbocycles. The first-order valence-electron chi connectivity index (χ1n) is 15.2. The number of nitrogens with zero attached hydrogens (tertiary/aromatic N) is 2. The minimum Gasteiger partial charge on any atom is -0.243 e. The van der Waals surface area contributed by atoms with Crippen LogP contribution in [0, 0.1) is 11.3 Å². The average Bonchev–Trinajstić information content (AvgIpc) is 3.01. The van der Waals surface area contributed by atoms with Crippen LogP contribution < -0.4 is 0 Å². The summed E-state index contributed by atoms with van der Waals surface area (Å²) in [6, 6.07) is 25.3. The highest BCUT2D eigenvalue weighted by Gasteiger charge is 2.19. The minimum atomic E-state index is 0.164. The molecule has 4 aromatic rings. The third-order valence-corrected chi connectivity index (χ3v) is 8.81. The van der Waals surface area contributed by atoms with Crippen LogP contribution in [0.4, 0.5) is 0 Å². The Kier molecular flexibility index (Phi) is 9.78. The van der Waals surface area contributed by atoms with E-state index in [0.717, 1.165) is 51.1 Å². The van der Waals surface area contributed by atoms with Crippen molar-refractivity contribution in [3.8, 4) is 22.5 Å². The fourth-order valence-corrected chi connectivity index (χ4v) is 4.75. The van der Waals surface area contributed by atoms with Gasteiger partial charge in [0.25, 0.3) is 0 Å². The molecule has 0 aliphatic rings. The molecular formula is C40H46N2. The zero-order valence-electron chi connectivity index (χ0n) is 26.9. The first kappa shape index (κ1) is 30.9. The summed E-state index contributed by atoms with van der Waals surface area (Å²) < 4.78 is 0. The second-order valence-electron chi connectivity index (χ2n) is 12.4. The van der Waals surface area contributed by atoms with Gasteiger partial charge in [-0.2, -0.15) is 0 Å². The Morgan fingerprint density at radius 1 is 0.643 bits per heavy atom. The van der Waals surface area contributed by atoms with E-state index in [1.807, 2.05) is 12.1 Å². The van der Waals surface area contributed by atoms with Gasteiger partial charge in [-0.25, -0.2) is 9.97 Å². The highest BCUT2D eigenvalue weighted by Crippen LogP contribution is 2.36. The van der Waals surface area contributed by atoms with Gasteiger partial charge in [-0.05, 0) is 56.6 Å². The lowest BCUT2D eigenvalue weighted by Gasteiger charge is -2.23. The predicted octanol–water partition coefficient (Wildman–Crippen LogP) is 11.8. The van der Waals surface area contributed by atoms with Gasteiger partial charge in [0, 0.05) is 22.3 Å². The molecule has 3 aromatic carbocycles. The van der Waals surface area contributed by atoms with Crippen molar-refractivity contribution in [2.24, 2.45) is 11.3 Å². The van der Waals surface area contributed by atoms with Crippen LogP contribution in [0.15, 0.2) is 108 Å². The molecule has 0 bridgehead atoms. The molecule has 0 spiro atoms. The molecule has 0 aliphatic carbocycles. The standard InChI is InChI=1S/C40H46N2/c1-10-40(8,9)31(7)24-23-30(6)35-26-25-34(29(5)22-21-28(4)27(2)3)38-39(35)42-37(33-19-15-12-16-20-33)36(41-38)32-17-13-11-14-18-32/h11-27H,10H2,1-9H3/b28-21+,29-22+,30-23+,31-24+. The maximum atomic E-state index is 5.43. The smallest absolute Gasteiger partial charge is 0.0976 e. The summed E-state index contributed by atoms with van der Waals surface area (Å²) in [6.45, 7) is 20.1. The minimum absolute atomic E-state index is 0.164. The molecule has 0 fully saturated rings. The van der Waals surface area contributed by atoms with Crippen LogP contribution in [0.5, 0.6) is 0 Å². The number of allylic oxidation sites excluding steroid dienone is 8. The van der Waals surface area contributed by atoms with E-state index < -0.39 is 0 Å². The summed E-state index contributed by atoms with van der Waals surface area (Å²) in [5.41, 5.74) is 13.2. The monoisotopic (exact) mass is 554 g/mol. The Morgan fingerprint density at radius 2 is 1.07 bits per heavy atom. The van der Waals surface area contributed by atoms with E-state index in [1.54, 1.807) is 0 Å². The van der Waals surface area contributed by atoms with Crippen LogP contribution in [0.3, 0.4) is 0 Å². The van der Waals surface area contributed by atoms with E-state index in [-0.39, 0.29) is 5.41 Å². The number of benzene rings is 3. The van der Waals surface area contributed by atoms with Gasteiger partial charge in [0.1, 0.15) is 0 Å². The first-order chi connectivity index (χ1) is 20.0. The molecule has 42 heavy (non-hydrogen) atoms. The molecule has 0 amide bonds. The quantitative estimate of drug-likeness (QED) is 0.192. The maximum Gasteiger partial charge on any atom is 0.0976 e. The third-order valence-electron chi connectivity index (χ3n) is 8.81. The van der Waals surface area contributed by atoms with Crippen LogP contribution in [0.1, 0.15) is 79.9 Å². The Morgan fingerprint density at radius 3 is 1.48 bits per heavy atom. The van der Waals surface area contributed by atoms with Gasteiger partial charge in [0.05, 0.1) is 22.4 Å². The summed E-state index contributed by atoms with van der Waals surface area (Å²) >= 11 is 0. The lowest BCUT2D eigenvalue weighted by Crippen LogP contribution is -2.10. The Hall–Kier alpha value is -4.04. The van der Waals surface area contributed by atoms with E-state index in [0.29, 0.717) is 5.92 Å². The molecule has 2 nitrogen and oxygen atoms in total. The van der Waals surface area contributed by atoms with Crippen molar-refractivity contribution >= 4 is 22.2 Å². The molecule has 2 heteroatoms. The SMILES string of the molecule is CCC(C)(C)/C(C)=C/C=C(\C)c1ccc(/C(C)=C/C=C(\C)C(C)C)c2nc(-c3ccccc3)c(-c3ccccc3)nc12. The van der Waals surface area contributed by atoms with Gasteiger partial charge in [-0.3, -0.25) is 0 Å². The third kappa shape index (κ3) is 6.87. The first-order valence-corrected chi connectivity index (χ1v) is 15.2. The van der Waals surface area contributed by atoms with E-state index in [4.69, 9.17) is 9.97 Å². The van der Waals surface area contributed by atoms with Gasteiger partial charge in [0.15, 0.2) is 0 Å². The van der Waals surface area contributed by atoms with Gasteiger partial charge < -0.3 is 0 Å². The van der Waals surface area contributed by atoms with Gasteiger partial charge in [-0.1, -0.05) is 143 Å². The molecule has 4 rings (SSSR count). The zero-order chi connectivity index (χ0) is 30.4. The maximum absolute atomic E-state index is 5.43. The van der Waals surface area contributed by atoms with E-state index in [1.165, 1.54) is 22.3 Å². The molecule has 0 atom stereocenters. The molecule has 0 aliphatic heterocycles. The fourth-order valence-electron chi connectivity index (χ4n) is 4.75. The van der Waals surface area contributed by atoms with Crippen molar-refractivity contribution in [3.63, 3.8) is 0 Å². The Balaban J connectivity index is 2.05. The number of hydrogen-bond acceptors (Lipinski definition) is 2. The number of aromatic nitrogens is 2. The average molecular weight is 555 g/mol. The topological polar surface area (TPSA) is 25.8 Å². The normalized spacial score (nSPS) is 13.8. The highest BCUT2D eigenvalue weighted by atomic mass is 14.8. The number of rotatable bonds is 9. The van der Waals surface area contributed by atoms with Crippen molar-refractivity contribution in [2.45, 2.75) is 68.7 Å². The van der Waals surface area contributed by atoms with Crippen LogP contribution in [0.25, 0.3) is 44.7 Å². The second kappa shape index (κ2) is 13.3. The Bertz CT molecular complexity index is 1660. The van der Waals surface area contributed by atoms with Crippen LogP contribution in [-0.2, 0) is 0 Å². The fraction of sp³-hybridized carbons (Fsp3) is 0.300. The molecule has 1 heterocycles. The van der Waals surface area contributed by atoms with Crippen molar-refractivity contribution < 1.29 is 0 Å². The van der Waals surface area contributed by atoms with Gasteiger partial charge >= 0.3 is 0 Å². The largest absolute Gasteiger partial charge is 0.243 e. The summed E-state index contributed by atoms with van der Waals surface area (Å²) in [5, 5.41) is 0. The van der Waals surface area contributed by atoms with Crippen LogP contribution in [-0.4, -0.2) is 9.97 Å². The molecule has 0 saturated heterocycles. The number of fused-ring (bicyclic) bond motifs is 1. The molecule has 0 radical (unpaired) electrons. The molecule has 0 unspecified atom stereocenters. The van der Waals surface area contributed by atoms with Crippen molar-refractivity contribution in [2.75, 3.05) is 0 Å². The number of hydrogen-bond donors (Lipinski definition) is 0. The van der Waals surface area contributed by atoms with Gasteiger partial charge in [0.2, 0.25) is 0 Å². The summed E-state index contributed by atoms with van der Waals surface area (Å²) in [5.74, 6) is 0.507. The molecule has 0 N–H and O–H groups in total. The van der Waals surface area contributed by atoms with Gasteiger partial charge in [-0.15, -0.1) is 0 Å². The van der Waals surface area contributed by atoms with Crippen molar-refractivity contribution in [1.29, 1.82) is 0 Å². The van der Waals surface area contributed by atoms with Crippen LogP contribution in [0.2, 0.25) is 0 Å². The molecular weight excluding hydrogens is 508 g/mol. The molecule has 1 aromatic heterocycles. The predicted molar refractivity (Wildman–Crippen MR) is 184 cm³/mol. The second-order valence-corrected chi connectivity index (χ2v) is 12.4. The van der Waals surface area contributed by atoms with E-state index in [9.17, 15) is 0 Å². The summed E-state index contributed by atoms with van der Waals surface area (Å²) in [4.78, 5) is 10.9. The zero-order valence-corrected chi connectivity index (χ0v) is 26.9. The highest BCUT2D eigenvalue weighted by molar-refractivity contribution is 5.98. The van der Waals surface area contributed by atoms with Crippen LogP contribution >= 0.6 is 0 Å². The lowest BCUT2D eigenvalue weighted by molar-refractivity contribution is 0.429. The summed E-state index contributed by atoms with van der Waals surface area (Å²) in [6.07, 6.45) is 10.1. The summed E-state index contributed by atoms with van der Waals surface area (Å²) in [7, 11) is 0. The van der Waals surface area contributed by atoms with E-state index in [2.05, 4.69) is 147 Å². The lowest BCUT2D eigenvalue weighted by atomic mass is 9.82. The van der Waals surface area contributed by atoms with E-state index >= 15 is 0 Å². The van der Waals surface area contributed by atoms with Crippen molar-refractivity contribution in [1.82, 2.24) is 9.97 Å².